The second kappa shape index (κ2) is 10.2. The highest BCUT2D eigenvalue weighted by Crippen LogP contribution is 2.38. The molecule has 21 heavy (non-hydrogen) atoms. The molecule has 1 rings (SSSR count). The summed E-state index contributed by atoms with van der Waals surface area (Å²) in [7, 11) is 0. The fourth-order valence-corrected chi connectivity index (χ4v) is 3.83. The monoisotopic (exact) mass is 295 g/mol. The number of hydrogen-bond donors (Lipinski definition) is 1. The highest BCUT2D eigenvalue weighted by molar-refractivity contribution is 5.80. The van der Waals surface area contributed by atoms with Gasteiger partial charge in [0.1, 0.15) is 0 Å². The predicted octanol–water partition coefficient (Wildman–Crippen LogP) is 5.59. The minimum Gasteiger partial charge on any atom is -0.369 e. The van der Waals surface area contributed by atoms with Crippen LogP contribution in [0.25, 0.3) is 0 Å². The summed E-state index contributed by atoms with van der Waals surface area (Å²) >= 11 is 0. The van der Waals surface area contributed by atoms with Crippen LogP contribution in [0.15, 0.2) is 0 Å². The van der Waals surface area contributed by atoms with E-state index < -0.39 is 0 Å². The lowest BCUT2D eigenvalue weighted by atomic mass is 9.76. The Morgan fingerprint density at radius 1 is 1.00 bits per heavy atom. The van der Waals surface area contributed by atoms with Crippen LogP contribution in [0, 0.1) is 11.3 Å². The number of amides is 1. The van der Waals surface area contributed by atoms with Crippen molar-refractivity contribution in [3.63, 3.8) is 0 Å². The summed E-state index contributed by atoms with van der Waals surface area (Å²) in [5.41, 5.74) is 5.45. The molecule has 124 valence electrons. The third-order valence-corrected chi connectivity index (χ3v) is 5.39. The van der Waals surface area contributed by atoms with Gasteiger partial charge in [-0.2, -0.15) is 0 Å². The minimum absolute atomic E-state index is 0.0719. The molecule has 0 aliphatic heterocycles. The van der Waals surface area contributed by atoms with Gasteiger partial charge in [0.2, 0.25) is 5.91 Å². The maximum atomic E-state index is 11.9. The SMILES string of the molecule is CCCCCCCCCCC(C)(CC1CCCC1)C(N)=O. The molecule has 1 unspecified atom stereocenters. The molecule has 0 bridgehead atoms. The number of rotatable bonds is 12. The molecule has 2 nitrogen and oxygen atoms in total. The van der Waals surface area contributed by atoms with Crippen molar-refractivity contribution in [1.82, 2.24) is 0 Å². The maximum absolute atomic E-state index is 11.9. The van der Waals surface area contributed by atoms with Crippen molar-refractivity contribution in [1.29, 1.82) is 0 Å². The second-order valence-corrected chi connectivity index (χ2v) is 7.50. The molecule has 1 amide bonds. The third kappa shape index (κ3) is 7.33. The molecule has 1 fully saturated rings. The molecule has 0 radical (unpaired) electrons. The Bertz CT molecular complexity index is 283. The molecule has 2 heteroatoms. The quantitative estimate of drug-likeness (QED) is 0.469. The van der Waals surface area contributed by atoms with Crippen molar-refractivity contribution in [2.45, 2.75) is 104 Å². The Kier molecular flexibility index (Phi) is 9.03. The molecule has 0 aromatic heterocycles. The Labute approximate surface area is 132 Å². The van der Waals surface area contributed by atoms with E-state index in [0.29, 0.717) is 0 Å². The van der Waals surface area contributed by atoms with Gasteiger partial charge in [-0.3, -0.25) is 4.79 Å². The van der Waals surface area contributed by atoms with E-state index in [-0.39, 0.29) is 11.3 Å². The summed E-state index contributed by atoms with van der Waals surface area (Å²) in [6, 6.07) is 0. The first kappa shape index (κ1) is 18.5. The van der Waals surface area contributed by atoms with Crippen molar-refractivity contribution in [2.24, 2.45) is 17.1 Å². The number of primary amides is 1. The molecule has 1 aliphatic rings. The standard InChI is InChI=1S/C19H37NO/c1-3-4-5-6-7-8-9-12-15-19(2,18(20)21)16-17-13-10-11-14-17/h17H,3-16H2,1-2H3,(H2,20,21). The number of unbranched alkanes of at least 4 members (excludes halogenated alkanes) is 7. The van der Waals surface area contributed by atoms with Crippen LogP contribution in [0.4, 0.5) is 0 Å². The highest BCUT2D eigenvalue weighted by atomic mass is 16.1. The molecule has 1 saturated carbocycles. The zero-order chi connectivity index (χ0) is 15.6. The van der Waals surface area contributed by atoms with E-state index in [1.165, 1.54) is 77.0 Å². The first-order chi connectivity index (χ1) is 10.1. The van der Waals surface area contributed by atoms with E-state index in [2.05, 4.69) is 13.8 Å². The smallest absolute Gasteiger partial charge is 0.223 e. The topological polar surface area (TPSA) is 43.1 Å². The van der Waals surface area contributed by atoms with Gasteiger partial charge in [-0.15, -0.1) is 0 Å². The highest BCUT2D eigenvalue weighted by Gasteiger charge is 2.34. The summed E-state index contributed by atoms with van der Waals surface area (Å²) in [6.07, 6.45) is 17.9. The average molecular weight is 296 g/mol. The van der Waals surface area contributed by atoms with Gasteiger partial charge in [0.05, 0.1) is 0 Å². The van der Waals surface area contributed by atoms with Crippen molar-refractivity contribution in [2.75, 3.05) is 0 Å². The molecule has 0 spiro atoms. The summed E-state index contributed by atoms with van der Waals surface area (Å²) in [5, 5.41) is 0. The molecule has 0 aromatic carbocycles. The lowest BCUT2D eigenvalue weighted by molar-refractivity contribution is -0.128. The Balaban J connectivity index is 2.16. The van der Waals surface area contributed by atoms with Gasteiger partial charge in [-0.05, 0) is 18.8 Å². The molecule has 0 saturated heterocycles. The summed E-state index contributed by atoms with van der Waals surface area (Å²) in [6.45, 7) is 4.36. The Morgan fingerprint density at radius 3 is 2.05 bits per heavy atom. The number of carbonyl (C=O) groups is 1. The van der Waals surface area contributed by atoms with Crippen LogP contribution in [0.5, 0.6) is 0 Å². The lowest BCUT2D eigenvalue weighted by Gasteiger charge is -2.29. The first-order valence-corrected chi connectivity index (χ1v) is 9.38. The average Bonchev–Trinajstić information content (AvgIpc) is 2.94. The lowest BCUT2D eigenvalue weighted by Crippen LogP contribution is -2.36. The van der Waals surface area contributed by atoms with E-state index >= 15 is 0 Å². The minimum atomic E-state index is -0.253. The van der Waals surface area contributed by atoms with Crippen LogP contribution in [0.1, 0.15) is 104 Å². The predicted molar refractivity (Wildman–Crippen MR) is 91.1 cm³/mol. The molecule has 2 N–H and O–H groups in total. The fraction of sp³-hybridized carbons (Fsp3) is 0.947. The van der Waals surface area contributed by atoms with Gasteiger partial charge < -0.3 is 5.73 Å². The van der Waals surface area contributed by atoms with Gasteiger partial charge >= 0.3 is 0 Å². The van der Waals surface area contributed by atoms with Gasteiger partial charge in [-0.25, -0.2) is 0 Å². The van der Waals surface area contributed by atoms with E-state index in [0.717, 1.165) is 18.8 Å². The first-order valence-electron chi connectivity index (χ1n) is 9.38. The van der Waals surface area contributed by atoms with Crippen molar-refractivity contribution >= 4 is 5.91 Å². The van der Waals surface area contributed by atoms with Crippen LogP contribution >= 0.6 is 0 Å². The fourth-order valence-electron chi connectivity index (χ4n) is 3.83. The van der Waals surface area contributed by atoms with Gasteiger partial charge in [0.15, 0.2) is 0 Å². The van der Waals surface area contributed by atoms with Crippen LogP contribution in [-0.2, 0) is 4.79 Å². The normalized spacial score (nSPS) is 18.8. The van der Waals surface area contributed by atoms with Crippen LogP contribution in [0.2, 0.25) is 0 Å². The van der Waals surface area contributed by atoms with E-state index in [1.54, 1.807) is 0 Å². The largest absolute Gasteiger partial charge is 0.369 e. The zero-order valence-electron chi connectivity index (χ0n) is 14.5. The molecule has 0 heterocycles. The molecular weight excluding hydrogens is 258 g/mol. The Hall–Kier alpha value is -0.530. The van der Waals surface area contributed by atoms with E-state index in [4.69, 9.17) is 5.73 Å². The third-order valence-electron chi connectivity index (χ3n) is 5.39. The van der Waals surface area contributed by atoms with Gasteiger partial charge in [-0.1, -0.05) is 90.9 Å². The van der Waals surface area contributed by atoms with Crippen LogP contribution in [0.3, 0.4) is 0 Å². The van der Waals surface area contributed by atoms with Crippen LogP contribution in [-0.4, -0.2) is 5.91 Å². The maximum Gasteiger partial charge on any atom is 0.223 e. The summed E-state index contributed by atoms with van der Waals surface area (Å²) in [5.74, 6) is 0.675. The molecular formula is C19H37NO. The molecule has 1 atom stereocenters. The van der Waals surface area contributed by atoms with E-state index in [9.17, 15) is 4.79 Å². The Morgan fingerprint density at radius 2 is 1.52 bits per heavy atom. The summed E-state index contributed by atoms with van der Waals surface area (Å²) < 4.78 is 0. The molecule has 1 aliphatic carbocycles. The molecule has 0 aromatic rings. The van der Waals surface area contributed by atoms with Crippen LogP contribution < -0.4 is 5.73 Å². The van der Waals surface area contributed by atoms with Crippen molar-refractivity contribution in [3.05, 3.63) is 0 Å². The number of hydrogen-bond acceptors (Lipinski definition) is 1. The second-order valence-electron chi connectivity index (χ2n) is 7.50. The van der Waals surface area contributed by atoms with Crippen molar-refractivity contribution in [3.8, 4) is 0 Å². The zero-order valence-corrected chi connectivity index (χ0v) is 14.5. The van der Waals surface area contributed by atoms with Gasteiger partial charge in [0, 0.05) is 5.41 Å². The van der Waals surface area contributed by atoms with Crippen molar-refractivity contribution < 1.29 is 4.79 Å². The number of nitrogens with two attached hydrogens (primary N) is 1. The van der Waals surface area contributed by atoms with E-state index in [1.807, 2.05) is 0 Å². The van der Waals surface area contributed by atoms with Gasteiger partial charge in [0.25, 0.3) is 0 Å². The summed E-state index contributed by atoms with van der Waals surface area (Å²) in [4.78, 5) is 11.9. The number of carbonyl (C=O) groups excluding carboxylic acids is 1.